The summed E-state index contributed by atoms with van der Waals surface area (Å²) in [5, 5.41) is 1.69. The molecule has 18 heavy (non-hydrogen) atoms. The highest BCUT2D eigenvalue weighted by molar-refractivity contribution is 5.98. The fourth-order valence-corrected chi connectivity index (χ4v) is 1.09. The number of halogens is 1. The van der Waals surface area contributed by atoms with Gasteiger partial charge in [0.25, 0.3) is 5.91 Å². The molecule has 1 rings (SSSR count). The lowest BCUT2D eigenvalue weighted by Gasteiger charge is -2.06. The van der Waals surface area contributed by atoms with Gasteiger partial charge in [0, 0.05) is 5.69 Å². The summed E-state index contributed by atoms with van der Waals surface area (Å²) >= 11 is 0. The number of hydrogen-bond donors (Lipinski definition) is 3. The van der Waals surface area contributed by atoms with Crippen molar-refractivity contribution >= 4 is 23.6 Å². The van der Waals surface area contributed by atoms with Gasteiger partial charge in [0.05, 0.1) is 5.56 Å². The predicted octanol–water partition coefficient (Wildman–Crippen LogP) is -0.240. The van der Waals surface area contributed by atoms with E-state index in [1.165, 1.54) is 6.07 Å². The van der Waals surface area contributed by atoms with Gasteiger partial charge in [0.2, 0.25) is 0 Å². The SMILES string of the molecule is NC(=O)NC(=O)COC(=O)c1cc(F)ccc1N. The van der Waals surface area contributed by atoms with E-state index in [1.54, 1.807) is 5.32 Å². The molecule has 0 saturated heterocycles. The van der Waals surface area contributed by atoms with Crippen molar-refractivity contribution in [1.82, 2.24) is 5.32 Å². The molecule has 5 N–H and O–H groups in total. The molecule has 0 aromatic heterocycles. The van der Waals surface area contributed by atoms with E-state index in [9.17, 15) is 18.8 Å². The number of imide groups is 1. The number of carbonyl (C=O) groups is 3. The van der Waals surface area contributed by atoms with E-state index in [4.69, 9.17) is 5.73 Å². The molecule has 0 radical (unpaired) electrons. The van der Waals surface area contributed by atoms with Crippen molar-refractivity contribution in [3.63, 3.8) is 0 Å². The Morgan fingerprint density at radius 1 is 1.33 bits per heavy atom. The number of nitrogen functional groups attached to an aromatic ring is 1. The molecule has 96 valence electrons. The molecule has 0 bridgehead atoms. The number of anilines is 1. The summed E-state index contributed by atoms with van der Waals surface area (Å²) in [6.45, 7) is -0.724. The smallest absolute Gasteiger partial charge is 0.340 e. The molecule has 0 aliphatic rings. The number of nitrogens with one attached hydrogen (secondary N) is 1. The molecular weight excluding hydrogens is 245 g/mol. The molecule has 0 atom stereocenters. The average molecular weight is 255 g/mol. The number of nitrogens with two attached hydrogens (primary N) is 2. The van der Waals surface area contributed by atoms with Crippen molar-refractivity contribution in [3.05, 3.63) is 29.6 Å². The highest BCUT2D eigenvalue weighted by Gasteiger charge is 2.14. The summed E-state index contributed by atoms with van der Waals surface area (Å²) in [6.07, 6.45) is 0. The summed E-state index contributed by atoms with van der Waals surface area (Å²) in [5.74, 6) is -2.55. The Labute approximate surface area is 101 Å². The van der Waals surface area contributed by atoms with Gasteiger partial charge in [-0.1, -0.05) is 0 Å². The third-order valence-corrected chi connectivity index (χ3v) is 1.83. The van der Waals surface area contributed by atoms with Crippen molar-refractivity contribution < 1.29 is 23.5 Å². The number of benzene rings is 1. The zero-order valence-electron chi connectivity index (χ0n) is 9.10. The molecule has 0 aliphatic carbocycles. The van der Waals surface area contributed by atoms with Crippen molar-refractivity contribution in [1.29, 1.82) is 0 Å². The Hall–Kier alpha value is -2.64. The van der Waals surface area contributed by atoms with Crippen LogP contribution in [0.15, 0.2) is 18.2 Å². The summed E-state index contributed by atoms with van der Waals surface area (Å²) < 4.78 is 17.4. The summed E-state index contributed by atoms with van der Waals surface area (Å²) in [4.78, 5) is 32.7. The third-order valence-electron chi connectivity index (χ3n) is 1.83. The van der Waals surface area contributed by atoms with Crippen molar-refractivity contribution in [2.24, 2.45) is 5.73 Å². The van der Waals surface area contributed by atoms with Crippen LogP contribution < -0.4 is 16.8 Å². The van der Waals surface area contributed by atoms with Crippen molar-refractivity contribution in [2.45, 2.75) is 0 Å². The van der Waals surface area contributed by atoms with Crippen LogP contribution in [0.25, 0.3) is 0 Å². The Morgan fingerprint density at radius 3 is 2.61 bits per heavy atom. The normalized spacial score (nSPS) is 9.61. The molecule has 7 nitrogen and oxygen atoms in total. The fourth-order valence-electron chi connectivity index (χ4n) is 1.09. The molecule has 0 saturated carbocycles. The minimum absolute atomic E-state index is 0.0108. The van der Waals surface area contributed by atoms with Gasteiger partial charge in [-0.05, 0) is 18.2 Å². The van der Waals surface area contributed by atoms with Crippen LogP contribution in [0.2, 0.25) is 0 Å². The highest BCUT2D eigenvalue weighted by Crippen LogP contribution is 2.14. The van der Waals surface area contributed by atoms with E-state index in [-0.39, 0.29) is 11.3 Å². The van der Waals surface area contributed by atoms with Gasteiger partial charge in [0.15, 0.2) is 6.61 Å². The molecule has 3 amide bonds. The number of esters is 1. The summed E-state index contributed by atoms with van der Waals surface area (Å²) in [6, 6.07) is 2.08. The van der Waals surface area contributed by atoms with Crippen LogP contribution in [0.4, 0.5) is 14.9 Å². The van der Waals surface area contributed by atoms with Crippen LogP contribution in [0.1, 0.15) is 10.4 Å². The van der Waals surface area contributed by atoms with Crippen molar-refractivity contribution in [3.8, 4) is 0 Å². The van der Waals surface area contributed by atoms with E-state index in [0.29, 0.717) is 0 Å². The van der Waals surface area contributed by atoms with Gasteiger partial charge in [-0.15, -0.1) is 0 Å². The van der Waals surface area contributed by atoms with Gasteiger partial charge >= 0.3 is 12.0 Å². The van der Waals surface area contributed by atoms with Crippen LogP contribution in [0.5, 0.6) is 0 Å². The number of amides is 3. The quantitative estimate of drug-likeness (QED) is 0.507. The first-order chi connectivity index (χ1) is 8.40. The predicted molar refractivity (Wildman–Crippen MR) is 58.8 cm³/mol. The largest absolute Gasteiger partial charge is 0.452 e. The Balaban J connectivity index is 2.63. The maximum atomic E-state index is 12.9. The minimum Gasteiger partial charge on any atom is -0.452 e. The van der Waals surface area contributed by atoms with E-state index in [1.807, 2.05) is 0 Å². The Kier molecular flexibility index (Phi) is 4.19. The van der Waals surface area contributed by atoms with E-state index < -0.39 is 30.3 Å². The van der Waals surface area contributed by atoms with Crippen LogP contribution in [-0.2, 0) is 9.53 Å². The van der Waals surface area contributed by atoms with E-state index in [0.717, 1.165) is 12.1 Å². The maximum Gasteiger partial charge on any atom is 0.340 e. The lowest BCUT2D eigenvalue weighted by molar-refractivity contribution is -0.123. The monoisotopic (exact) mass is 255 g/mol. The van der Waals surface area contributed by atoms with Gasteiger partial charge in [-0.25, -0.2) is 14.0 Å². The second kappa shape index (κ2) is 5.62. The van der Waals surface area contributed by atoms with Crippen LogP contribution >= 0.6 is 0 Å². The third kappa shape index (κ3) is 3.74. The molecule has 1 aromatic carbocycles. The molecule has 0 unspecified atom stereocenters. The molecule has 1 aromatic rings. The zero-order chi connectivity index (χ0) is 13.7. The van der Waals surface area contributed by atoms with Gasteiger partial charge in [-0.2, -0.15) is 0 Å². The first-order valence-corrected chi connectivity index (χ1v) is 4.71. The minimum atomic E-state index is -1.07. The molecule has 8 heteroatoms. The summed E-state index contributed by atoms with van der Waals surface area (Å²) in [7, 11) is 0. The van der Waals surface area contributed by atoms with Gasteiger partial charge < -0.3 is 16.2 Å². The summed E-state index contributed by atoms with van der Waals surface area (Å²) in [5.41, 5.74) is 9.91. The first-order valence-electron chi connectivity index (χ1n) is 4.71. The van der Waals surface area contributed by atoms with E-state index >= 15 is 0 Å². The lowest BCUT2D eigenvalue weighted by Crippen LogP contribution is -2.37. The molecule has 0 heterocycles. The van der Waals surface area contributed by atoms with Crippen LogP contribution in [-0.4, -0.2) is 24.5 Å². The van der Waals surface area contributed by atoms with Crippen LogP contribution in [0.3, 0.4) is 0 Å². The lowest BCUT2D eigenvalue weighted by atomic mass is 10.2. The molecule has 0 fully saturated rings. The number of rotatable bonds is 3. The average Bonchev–Trinajstić information content (AvgIpc) is 2.28. The standard InChI is InChI=1S/C10H10FN3O4/c11-5-1-2-7(12)6(3-5)9(16)18-4-8(15)14-10(13)17/h1-3H,4,12H2,(H3,13,14,15,17). The van der Waals surface area contributed by atoms with Gasteiger partial charge in [0.1, 0.15) is 5.82 Å². The molecule has 0 spiro atoms. The van der Waals surface area contributed by atoms with Crippen molar-refractivity contribution in [2.75, 3.05) is 12.3 Å². The number of ether oxygens (including phenoxy) is 1. The molecular formula is C10H10FN3O4. The second-order valence-corrected chi connectivity index (χ2v) is 3.22. The number of primary amides is 1. The maximum absolute atomic E-state index is 12.9. The van der Waals surface area contributed by atoms with E-state index in [2.05, 4.69) is 10.5 Å². The molecule has 0 aliphatic heterocycles. The highest BCUT2D eigenvalue weighted by atomic mass is 19.1. The Morgan fingerprint density at radius 2 is 2.00 bits per heavy atom. The topological polar surface area (TPSA) is 125 Å². The number of hydrogen-bond acceptors (Lipinski definition) is 5. The van der Waals surface area contributed by atoms with Gasteiger partial charge in [-0.3, -0.25) is 10.1 Å². The first kappa shape index (κ1) is 13.4. The number of carbonyl (C=O) groups excluding carboxylic acids is 3. The Bertz CT molecular complexity index is 504. The fraction of sp³-hybridized carbons (Fsp3) is 0.100. The zero-order valence-corrected chi connectivity index (χ0v) is 9.10. The van der Waals surface area contributed by atoms with Crippen LogP contribution in [0, 0.1) is 5.82 Å². The second-order valence-electron chi connectivity index (χ2n) is 3.22. The number of urea groups is 1.